The number of hydrogen-bond acceptors (Lipinski definition) is 5. The molecule has 0 aliphatic heterocycles. The van der Waals surface area contributed by atoms with E-state index in [0.29, 0.717) is 23.4 Å². The summed E-state index contributed by atoms with van der Waals surface area (Å²) in [7, 11) is 0. The molecule has 0 saturated heterocycles. The Morgan fingerprint density at radius 3 is 3.05 bits per heavy atom. The third-order valence-corrected chi connectivity index (χ3v) is 2.94. The first-order valence-corrected chi connectivity index (χ1v) is 6.37. The summed E-state index contributed by atoms with van der Waals surface area (Å²) < 4.78 is 19.1. The second-order valence-corrected chi connectivity index (χ2v) is 4.41. The third kappa shape index (κ3) is 2.44. The van der Waals surface area contributed by atoms with Gasteiger partial charge in [0.1, 0.15) is 18.3 Å². The molecule has 0 aliphatic rings. The lowest BCUT2D eigenvalue weighted by Gasteiger charge is -2.06. The molecule has 3 heterocycles. The average Bonchev–Trinajstić information content (AvgIpc) is 3.07. The number of alkyl halides is 1. The topological polar surface area (TPSA) is 68.8 Å². The first kappa shape index (κ1) is 12.9. The molecule has 0 unspecified atom stereocenters. The fourth-order valence-corrected chi connectivity index (χ4v) is 2.06. The fraction of sp³-hybridized carbons (Fsp3) is 0.250. The maximum Gasteiger partial charge on any atom is 0.226 e. The lowest BCUT2D eigenvalue weighted by atomic mass is 10.3. The van der Waals surface area contributed by atoms with E-state index in [-0.39, 0.29) is 11.8 Å². The van der Waals surface area contributed by atoms with Crippen molar-refractivity contribution in [3.8, 4) is 0 Å². The number of aryl methyl sites for hydroxylation is 1. The number of aromatic nitrogens is 4. The van der Waals surface area contributed by atoms with Crippen LogP contribution in [0.1, 0.15) is 5.76 Å². The van der Waals surface area contributed by atoms with Gasteiger partial charge in [0.15, 0.2) is 5.65 Å². The van der Waals surface area contributed by atoms with Crippen molar-refractivity contribution in [3.63, 3.8) is 0 Å². The van der Waals surface area contributed by atoms with E-state index in [4.69, 9.17) is 16.0 Å². The Morgan fingerprint density at radius 1 is 1.40 bits per heavy atom. The number of hydrogen-bond donors (Lipinski definition) is 1. The van der Waals surface area contributed by atoms with Crippen LogP contribution in [0.3, 0.4) is 0 Å². The normalized spacial score (nSPS) is 11.1. The summed E-state index contributed by atoms with van der Waals surface area (Å²) >= 11 is 5.89. The van der Waals surface area contributed by atoms with Gasteiger partial charge >= 0.3 is 0 Å². The van der Waals surface area contributed by atoms with E-state index < -0.39 is 6.67 Å². The summed E-state index contributed by atoms with van der Waals surface area (Å²) in [6.07, 6.45) is 3.19. The fourth-order valence-electron chi connectivity index (χ4n) is 1.89. The van der Waals surface area contributed by atoms with Gasteiger partial charge < -0.3 is 9.73 Å². The summed E-state index contributed by atoms with van der Waals surface area (Å²) in [6.45, 7) is 0.0752. The summed E-state index contributed by atoms with van der Waals surface area (Å²) in [4.78, 5) is 8.21. The van der Waals surface area contributed by atoms with Crippen LogP contribution in [0.2, 0.25) is 5.28 Å². The Labute approximate surface area is 118 Å². The summed E-state index contributed by atoms with van der Waals surface area (Å²) in [5.41, 5.74) is 0.504. The van der Waals surface area contributed by atoms with Crippen molar-refractivity contribution in [1.29, 1.82) is 0 Å². The quantitative estimate of drug-likeness (QED) is 0.733. The number of rotatable bonds is 5. The molecule has 0 aliphatic carbocycles. The van der Waals surface area contributed by atoms with E-state index in [2.05, 4.69) is 20.4 Å². The van der Waals surface area contributed by atoms with Crippen molar-refractivity contribution >= 4 is 28.5 Å². The molecule has 6 nitrogen and oxygen atoms in total. The van der Waals surface area contributed by atoms with Crippen molar-refractivity contribution in [3.05, 3.63) is 35.6 Å². The second kappa shape index (κ2) is 5.46. The Hall–Kier alpha value is -2.15. The molecule has 3 aromatic rings. The number of nitrogens with one attached hydrogen (secondary N) is 1. The van der Waals surface area contributed by atoms with Crippen LogP contribution < -0.4 is 5.32 Å². The zero-order chi connectivity index (χ0) is 13.9. The molecule has 0 radical (unpaired) electrons. The molecule has 0 saturated carbocycles. The van der Waals surface area contributed by atoms with Crippen LogP contribution >= 0.6 is 11.6 Å². The van der Waals surface area contributed by atoms with Crippen molar-refractivity contribution in [2.24, 2.45) is 0 Å². The van der Waals surface area contributed by atoms with Gasteiger partial charge in [0.25, 0.3) is 0 Å². The summed E-state index contributed by atoms with van der Waals surface area (Å²) in [5, 5.41) is 7.97. The van der Waals surface area contributed by atoms with Gasteiger partial charge in [-0.15, -0.1) is 0 Å². The van der Waals surface area contributed by atoms with Gasteiger partial charge in [-0.1, -0.05) is 0 Å². The summed E-state index contributed by atoms with van der Waals surface area (Å²) in [6, 6.07) is 3.65. The van der Waals surface area contributed by atoms with Crippen molar-refractivity contribution in [2.75, 3.05) is 12.0 Å². The molecule has 0 bridgehead atoms. The van der Waals surface area contributed by atoms with Crippen molar-refractivity contribution < 1.29 is 8.81 Å². The molecule has 0 amide bonds. The molecule has 0 atom stereocenters. The molecular weight excluding hydrogens is 285 g/mol. The van der Waals surface area contributed by atoms with Crippen LogP contribution in [0.4, 0.5) is 10.2 Å². The van der Waals surface area contributed by atoms with Gasteiger partial charge in [0.05, 0.1) is 30.9 Å². The highest BCUT2D eigenvalue weighted by Gasteiger charge is 2.12. The smallest absolute Gasteiger partial charge is 0.226 e. The highest BCUT2D eigenvalue weighted by molar-refractivity contribution is 6.28. The van der Waals surface area contributed by atoms with Crippen LogP contribution in [-0.2, 0) is 13.1 Å². The van der Waals surface area contributed by atoms with E-state index in [1.54, 1.807) is 18.5 Å². The average molecular weight is 296 g/mol. The predicted octanol–water partition coefficient (Wildman–Crippen LogP) is 2.65. The Bertz CT molecular complexity index is 712. The molecule has 0 fully saturated rings. The number of anilines is 1. The number of fused-ring (bicyclic) bond motifs is 1. The standard InChI is InChI=1S/C12H11ClFN5O/c13-12-17-10(15-6-8-2-1-5-20-8)9-7-16-19(4-3-14)11(9)18-12/h1-2,5,7H,3-4,6H2,(H,15,17,18). The number of furan rings is 1. The van der Waals surface area contributed by atoms with Gasteiger partial charge in [-0.2, -0.15) is 15.1 Å². The molecule has 0 aromatic carbocycles. The first-order valence-electron chi connectivity index (χ1n) is 5.99. The van der Waals surface area contributed by atoms with E-state index in [9.17, 15) is 4.39 Å². The lowest BCUT2D eigenvalue weighted by Crippen LogP contribution is -2.05. The van der Waals surface area contributed by atoms with Gasteiger partial charge in [0.2, 0.25) is 5.28 Å². The minimum absolute atomic E-state index is 0.0834. The van der Waals surface area contributed by atoms with Gasteiger partial charge in [0, 0.05) is 0 Å². The van der Waals surface area contributed by atoms with E-state index >= 15 is 0 Å². The van der Waals surface area contributed by atoms with Crippen LogP contribution in [0.25, 0.3) is 11.0 Å². The molecule has 20 heavy (non-hydrogen) atoms. The van der Waals surface area contributed by atoms with Gasteiger partial charge in [-0.05, 0) is 23.7 Å². The highest BCUT2D eigenvalue weighted by Crippen LogP contribution is 2.22. The van der Waals surface area contributed by atoms with E-state index in [1.807, 2.05) is 6.07 Å². The minimum Gasteiger partial charge on any atom is -0.467 e. The molecule has 1 N–H and O–H groups in total. The van der Waals surface area contributed by atoms with Crippen molar-refractivity contribution in [1.82, 2.24) is 19.7 Å². The monoisotopic (exact) mass is 295 g/mol. The van der Waals surface area contributed by atoms with Crippen LogP contribution in [0.5, 0.6) is 0 Å². The van der Waals surface area contributed by atoms with Crippen LogP contribution in [0.15, 0.2) is 29.0 Å². The molecular formula is C12H11ClFN5O. The Kier molecular flexibility index (Phi) is 3.51. The molecule has 3 rings (SSSR count). The van der Waals surface area contributed by atoms with Crippen LogP contribution in [0, 0.1) is 0 Å². The van der Waals surface area contributed by atoms with Gasteiger partial charge in [-0.25, -0.2) is 9.07 Å². The van der Waals surface area contributed by atoms with Gasteiger partial charge in [-0.3, -0.25) is 0 Å². The third-order valence-electron chi connectivity index (χ3n) is 2.78. The van der Waals surface area contributed by atoms with E-state index in [1.165, 1.54) is 4.68 Å². The summed E-state index contributed by atoms with van der Waals surface area (Å²) in [5.74, 6) is 1.31. The SMILES string of the molecule is FCCn1ncc2c(NCc3ccco3)nc(Cl)nc21. The minimum atomic E-state index is -0.520. The first-order chi connectivity index (χ1) is 9.78. The largest absolute Gasteiger partial charge is 0.467 e. The highest BCUT2D eigenvalue weighted by atomic mass is 35.5. The van der Waals surface area contributed by atoms with E-state index in [0.717, 1.165) is 5.76 Å². The number of nitrogens with zero attached hydrogens (tertiary/aromatic N) is 4. The molecule has 8 heteroatoms. The molecule has 0 spiro atoms. The molecule has 3 aromatic heterocycles. The maximum absolute atomic E-state index is 12.5. The molecule has 104 valence electrons. The second-order valence-electron chi connectivity index (χ2n) is 4.07. The zero-order valence-electron chi connectivity index (χ0n) is 10.4. The maximum atomic E-state index is 12.5. The Balaban J connectivity index is 1.93. The lowest BCUT2D eigenvalue weighted by molar-refractivity contribution is 0.432. The number of halogens is 2. The Morgan fingerprint density at radius 2 is 2.30 bits per heavy atom. The predicted molar refractivity (Wildman–Crippen MR) is 72.3 cm³/mol. The van der Waals surface area contributed by atoms with Crippen molar-refractivity contribution in [2.45, 2.75) is 13.1 Å². The zero-order valence-corrected chi connectivity index (χ0v) is 11.1. The van der Waals surface area contributed by atoms with Crippen LogP contribution in [-0.4, -0.2) is 26.4 Å².